The van der Waals surface area contributed by atoms with Crippen LogP contribution in [0.4, 0.5) is 0 Å². The fraction of sp³-hybridized carbons (Fsp3) is 0.387. The van der Waals surface area contributed by atoms with Gasteiger partial charge >= 0.3 is 0 Å². The topological polar surface area (TPSA) is 8.81 Å². The summed E-state index contributed by atoms with van der Waals surface area (Å²) in [5.41, 5.74) is 8.23. The van der Waals surface area contributed by atoms with Crippen LogP contribution in [-0.4, -0.2) is 4.57 Å². The molecule has 0 spiro atoms. The normalized spacial score (nSPS) is 14.2. The van der Waals surface area contributed by atoms with Gasteiger partial charge in [-0.25, -0.2) is 9.13 Å². The quantitative estimate of drug-likeness (QED) is 0.269. The van der Waals surface area contributed by atoms with E-state index in [0.717, 1.165) is 39.1 Å². The van der Waals surface area contributed by atoms with Crippen LogP contribution >= 0.6 is 0 Å². The fourth-order valence-corrected chi connectivity index (χ4v) is 4.88. The molecular weight excluding hydrogens is 400 g/mol. The summed E-state index contributed by atoms with van der Waals surface area (Å²) >= 11 is 0. The molecule has 0 saturated carbocycles. The number of benzene rings is 3. The summed E-state index contributed by atoms with van der Waals surface area (Å²) in [7, 11) is 2.11. The van der Waals surface area contributed by atoms with Crippen molar-refractivity contribution < 1.29 is 8.68 Å². The highest BCUT2D eigenvalue weighted by Gasteiger charge is 2.27. The number of aromatic nitrogens is 2. The molecule has 172 valence electrons. The fourth-order valence-electron chi connectivity index (χ4n) is 4.88. The maximum atomic E-state index is 9.06. The Morgan fingerprint density at radius 2 is 1.39 bits per heavy atom. The molecule has 33 heavy (non-hydrogen) atoms. The average molecular weight is 443 g/mol. The summed E-state index contributed by atoms with van der Waals surface area (Å²) in [4.78, 5) is 0. The lowest BCUT2D eigenvalue weighted by Gasteiger charge is -2.22. The molecule has 0 amide bonds. The third-order valence-corrected chi connectivity index (χ3v) is 6.71. The highest BCUT2D eigenvalue weighted by molar-refractivity contribution is 5.77. The second kappa shape index (κ2) is 9.17. The van der Waals surface area contributed by atoms with Crippen LogP contribution in [-0.2, 0) is 13.6 Å². The second-order valence-corrected chi connectivity index (χ2v) is 9.82. The van der Waals surface area contributed by atoms with Crippen LogP contribution in [0.3, 0.4) is 0 Å². The minimum Gasteiger partial charge on any atom is -0.226 e. The largest absolute Gasteiger partial charge is 0.290 e. The highest BCUT2D eigenvalue weighted by Crippen LogP contribution is 2.35. The van der Waals surface area contributed by atoms with Gasteiger partial charge in [-0.1, -0.05) is 84.0 Å². The molecular formula is C31H39N2+. The van der Waals surface area contributed by atoms with E-state index in [2.05, 4.69) is 71.6 Å². The van der Waals surface area contributed by atoms with E-state index in [1.165, 1.54) is 11.1 Å². The molecule has 0 N–H and O–H groups in total. The Morgan fingerprint density at radius 3 is 1.97 bits per heavy atom. The first kappa shape index (κ1) is 19.6. The lowest BCUT2D eigenvalue weighted by molar-refractivity contribution is -0.634. The second-order valence-electron chi connectivity index (χ2n) is 9.82. The summed E-state index contributed by atoms with van der Waals surface area (Å²) < 4.78 is 31.4. The van der Waals surface area contributed by atoms with Gasteiger partial charge in [-0.05, 0) is 65.1 Å². The molecule has 4 aromatic rings. The molecule has 1 heterocycles. The predicted molar refractivity (Wildman–Crippen MR) is 141 cm³/mol. The monoisotopic (exact) mass is 442 g/mol. The molecule has 0 atom stereocenters. The number of nitrogens with zero attached hydrogens (tertiary/aromatic N) is 2. The van der Waals surface area contributed by atoms with E-state index >= 15 is 0 Å². The maximum Gasteiger partial charge on any atom is 0.290 e. The summed E-state index contributed by atoms with van der Waals surface area (Å²) in [6.07, 6.45) is 0. The molecule has 0 aliphatic carbocycles. The summed E-state index contributed by atoms with van der Waals surface area (Å²) in [6.45, 7) is 14.1. The minimum atomic E-state index is -0.884. The zero-order chi connectivity index (χ0) is 26.6. The molecule has 0 bridgehead atoms. The van der Waals surface area contributed by atoms with Crippen molar-refractivity contribution in [2.75, 3.05) is 0 Å². The maximum absolute atomic E-state index is 9.06. The third kappa shape index (κ3) is 4.24. The number of hydrogen-bond donors (Lipinski definition) is 0. The van der Waals surface area contributed by atoms with E-state index in [-0.39, 0.29) is 0 Å². The first-order valence-corrected chi connectivity index (χ1v) is 11.8. The molecule has 0 unspecified atom stereocenters. The first-order chi connectivity index (χ1) is 16.6. The molecule has 2 nitrogen and oxygen atoms in total. The Kier molecular flexibility index (Phi) is 5.44. The molecule has 0 fully saturated rings. The number of imidazole rings is 1. The molecule has 1 aromatic heterocycles. The van der Waals surface area contributed by atoms with Crippen LogP contribution in [0.1, 0.15) is 91.2 Å². The van der Waals surface area contributed by atoms with Crippen molar-refractivity contribution in [2.24, 2.45) is 7.05 Å². The molecule has 3 aromatic carbocycles. The highest BCUT2D eigenvalue weighted by atomic mass is 15.2. The van der Waals surface area contributed by atoms with E-state index in [0.29, 0.717) is 6.54 Å². The Balaban J connectivity index is 2.10. The minimum absolute atomic E-state index is 0.541. The predicted octanol–water partition coefficient (Wildman–Crippen LogP) is 7.86. The van der Waals surface area contributed by atoms with Gasteiger partial charge in [0.25, 0.3) is 5.82 Å². The third-order valence-electron chi connectivity index (χ3n) is 6.71. The number of fused-ring (bicyclic) bond motifs is 1. The smallest absolute Gasteiger partial charge is 0.226 e. The summed E-state index contributed by atoms with van der Waals surface area (Å²) in [6, 6.07) is 20.9. The Morgan fingerprint density at radius 1 is 0.818 bits per heavy atom. The van der Waals surface area contributed by atoms with E-state index in [1.807, 2.05) is 53.7 Å². The molecule has 4 rings (SSSR count). The molecule has 2 heteroatoms. The van der Waals surface area contributed by atoms with Gasteiger partial charge in [0.15, 0.2) is 11.0 Å². The SMILES string of the molecule is [2H]C(C)(C)c1cc(C([2H])(C)C)c(Cn2c(-c3ccccc3C)[n+](C)c3ccccc32)c(C([2H])(C)C)c1. The van der Waals surface area contributed by atoms with E-state index < -0.39 is 17.7 Å². The van der Waals surface area contributed by atoms with Crippen LogP contribution in [0.5, 0.6) is 0 Å². The van der Waals surface area contributed by atoms with Gasteiger partial charge in [0.05, 0.1) is 12.6 Å². The van der Waals surface area contributed by atoms with Gasteiger partial charge in [-0.2, -0.15) is 0 Å². The molecule has 0 radical (unpaired) electrons. The van der Waals surface area contributed by atoms with Gasteiger partial charge in [0.1, 0.15) is 6.54 Å². The van der Waals surface area contributed by atoms with Crippen molar-refractivity contribution >= 4 is 11.0 Å². The number of aryl methyl sites for hydroxylation is 2. The summed E-state index contributed by atoms with van der Waals surface area (Å²) in [5.74, 6) is -1.49. The van der Waals surface area contributed by atoms with Crippen molar-refractivity contribution in [3.05, 3.63) is 88.5 Å². The van der Waals surface area contributed by atoms with Crippen LogP contribution in [0, 0.1) is 6.92 Å². The molecule has 0 aliphatic rings. The number of rotatable bonds is 6. The zero-order valence-corrected chi connectivity index (χ0v) is 21.4. The van der Waals surface area contributed by atoms with Crippen LogP contribution in [0.25, 0.3) is 22.4 Å². The summed E-state index contributed by atoms with van der Waals surface area (Å²) in [5, 5.41) is 0. The number of para-hydroxylation sites is 2. The first-order valence-electron chi connectivity index (χ1n) is 13.3. The lowest BCUT2D eigenvalue weighted by Crippen LogP contribution is -2.30. The average Bonchev–Trinajstić information content (AvgIpc) is 3.03. The van der Waals surface area contributed by atoms with Crippen LogP contribution in [0.15, 0.2) is 60.7 Å². The van der Waals surface area contributed by atoms with Gasteiger partial charge in [0.2, 0.25) is 0 Å². The van der Waals surface area contributed by atoms with Gasteiger partial charge < -0.3 is 0 Å². The van der Waals surface area contributed by atoms with Crippen molar-refractivity contribution in [1.82, 2.24) is 4.57 Å². The van der Waals surface area contributed by atoms with E-state index in [9.17, 15) is 0 Å². The van der Waals surface area contributed by atoms with Crippen molar-refractivity contribution in [2.45, 2.75) is 72.7 Å². The standard InChI is InChI=1S/C31H39N2/c1-20(2)24-17-26(21(3)4)28(27(18-24)22(5)6)19-33-30-16-12-11-15-29(30)32(8)31(33)25-14-10-9-13-23(25)7/h9-18,20-22H,19H2,1-8H3/q+1/i20D,21D,22D. The number of hydrogen-bond acceptors (Lipinski definition) is 0. The van der Waals surface area contributed by atoms with Crippen LogP contribution < -0.4 is 4.57 Å². The Bertz CT molecular complexity index is 1390. The van der Waals surface area contributed by atoms with Gasteiger partial charge in [-0.3, -0.25) is 0 Å². The molecule has 0 aliphatic heterocycles. The van der Waals surface area contributed by atoms with Gasteiger partial charge in [0, 0.05) is 9.68 Å². The van der Waals surface area contributed by atoms with E-state index in [1.54, 1.807) is 0 Å². The zero-order valence-electron chi connectivity index (χ0n) is 24.4. The van der Waals surface area contributed by atoms with Crippen molar-refractivity contribution in [3.63, 3.8) is 0 Å². The van der Waals surface area contributed by atoms with Gasteiger partial charge in [-0.15, -0.1) is 0 Å². The Hall–Kier alpha value is -2.87. The van der Waals surface area contributed by atoms with Crippen molar-refractivity contribution in [3.8, 4) is 11.4 Å². The Labute approximate surface area is 204 Å². The van der Waals surface area contributed by atoms with Crippen LogP contribution in [0.2, 0.25) is 0 Å². The lowest BCUT2D eigenvalue weighted by atomic mass is 9.84. The van der Waals surface area contributed by atoms with Crippen molar-refractivity contribution in [1.29, 1.82) is 0 Å². The van der Waals surface area contributed by atoms with E-state index in [4.69, 9.17) is 4.11 Å². The molecule has 0 saturated heterocycles.